The largest absolute Gasteiger partial charge is 0.449 e. The summed E-state index contributed by atoms with van der Waals surface area (Å²) in [5, 5.41) is 3.93. The summed E-state index contributed by atoms with van der Waals surface area (Å²) >= 11 is 0. The van der Waals surface area contributed by atoms with E-state index in [1.807, 2.05) is 0 Å². The van der Waals surface area contributed by atoms with Crippen LogP contribution in [0.5, 0.6) is 0 Å². The van der Waals surface area contributed by atoms with E-state index in [1.165, 1.54) is 0 Å². The van der Waals surface area contributed by atoms with Crippen molar-refractivity contribution in [1.82, 2.24) is 10.1 Å². The molecule has 0 N–H and O–H groups in total. The summed E-state index contributed by atoms with van der Waals surface area (Å²) in [5.74, 6) is 1.07. The smallest absolute Gasteiger partial charge is 0.338 e. The standard InChI is InChI=1S/C19H21N3O4/c1-12(18-20-17(21-26-18)13-5-6-13)25-19(24)14-7-9-15(10-8-14)22-11-3-2-4-16(22)23/h7-10,12-13H,2-6,11H2,1H3/t12-/m1/s1. The maximum absolute atomic E-state index is 12.3. The fraction of sp³-hybridized carbons (Fsp3) is 0.474. The van der Waals surface area contributed by atoms with Crippen molar-refractivity contribution < 1.29 is 18.8 Å². The zero-order valence-corrected chi connectivity index (χ0v) is 14.7. The lowest BCUT2D eigenvalue weighted by Crippen LogP contribution is -2.35. The Morgan fingerprint density at radius 3 is 2.73 bits per heavy atom. The zero-order valence-electron chi connectivity index (χ0n) is 14.7. The van der Waals surface area contributed by atoms with E-state index in [2.05, 4.69) is 10.1 Å². The second-order valence-corrected chi connectivity index (χ2v) is 6.86. The van der Waals surface area contributed by atoms with Crippen LogP contribution in [0, 0.1) is 0 Å². The molecule has 1 aliphatic heterocycles. The van der Waals surface area contributed by atoms with Crippen LogP contribution in [-0.4, -0.2) is 28.6 Å². The van der Waals surface area contributed by atoms with Gasteiger partial charge in [0.15, 0.2) is 11.9 Å². The molecule has 2 heterocycles. The summed E-state index contributed by atoms with van der Waals surface area (Å²) < 4.78 is 10.6. The summed E-state index contributed by atoms with van der Waals surface area (Å²) in [6.45, 7) is 2.43. The average molecular weight is 355 g/mol. The second-order valence-electron chi connectivity index (χ2n) is 6.86. The minimum atomic E-state index is -0.606. The third kappa shape index (κ3) is 3.47. The normalized spacial score (nSPS) is 18.7. The van der Waals surface area contributed by atoms with Crippen molar-refractivity contribution in [2.24, 2.45) is 0 Å². The van der Waals surface area contributed by atoms with Crippen molar-refractivity contribution in [2.75, 3.05) is 11.4 Å². The lowest BCUT2D eigenvalue weighted by Gasteiger charge is -2.26. The van der Waals surface area contributed by atoms with Crippen LogP contribution >= 0.6 is 0 Å². The van der Waals surface area contributed by atoms with Crippen LogP contribution in [0.1, 0.15) is 73.1 Å². The van der Waals surface area contributed by atoms with E-state index in [1.54, 1.807) is 36.1 Å². The number of benzene rings is 1. The molecule has 2 aromatic rings. The number of anilines is 1. The van der Waals surface area contributed by atoms with Gasteiger partial charge >= 0.3 is 5.97 Å². The third-order valence-corrected chi connectivity index (χ3v) is 4.77. The Hall–Kier alpha value is -2.70. The lowest BCUT2D eigenvalue weighted by atomic mass is 10.1. The summed E-state index contributed by atoms with van der Waals surface area (Å²) in [4.78, 5) is 30.4. The third-order valence-electron chi connectivity index (χ3n) is 4.77. The average Bonchev–Trinajstić information content (AvgIpc) is 3.39. The van der Waals surface area contributed by atoms with Gasteiger partial charge in [0, 0.05) is 24.6 Å². The van der Waals surface area contributed by atoms with Gasteiger partial charge in [0.2, 0.25) is 5.91 Å². The first-order valence-corrected chi connectivity index (χ1v) is 9.07. The number of rotatable bonds is 5. The van der Waals surface area contributed by atoms with Gasteiger partial charge in [-0.15, -0.1) is 0 Å². The number of carbonyl (C=O) groups is 2. The SMILES string of the molecule is C[C@@H](OC(=O)c1ccc(N2CCCCC2=O)cc1)c1nc(C2CC2)no1. The number of esters is 1. The molecule has 1 saturated carbocycles. The van der Waals surface area contributed by atoms with Gasteiger partial charge in [0.1, 0.15) is 0 Å². The lowest BCUT2D eigenvalue weighted by molar-refractivity contribution is -0.119. The molecule has 1 amide bonds. The fourth-order valence-electron chi connectivity index (χ4n) is 3.06. The van der Waals surface area contributed by atoms with Crippen LogP contribution in [0.4, 0.5) is 5.69 Å². The molecule has 1 aliphatic carbocycles. The Bertz CT molecular complexity index is 810. The van der Waals surface area contributed by atoms with Crippen molar-refractivity contribution in [2.45, 2.75) is 51.0 Å². The highest BCUT2D eigenvalue weighted by Crippen LogP contribution is 2.38. The van der Waals surface area contributed by atoms with Crippen molar-refractivity contribution in [1.29, 1.82) is 0 Å². The number of piperidine rings is 1. The van der Waals surface area contributed by atoms with Crippen LogP contribution in [0.2, 0.25) is 0 Å². The van der Waals surface area contributed by atoms with Crippen molar-refractivity contribution >= 4 is 17.6 Å². The van der Waals surface area contributed by atoms with Gasteiger partial charge in [-0.25, -0.2) is 4.79 Å². The molecule has 4 rings (SSSR count). The van der Waals surface area contributed by atoms with Gasteiger partial charge in [-0.2, -0.15) is 4.98 Å². The van der Waals surface area contributed by atoms with E-state index in [0.29, 0.717) is 29.6 Å². The maximum Gasteiger partial charge on any atom is 0.338 e. The Labute approximate surface area is 151 Å². The van der Waals surface area contributed by atoms with Crippen LogP contribution in [-0.2, 0) is 9.53 Å². The maximum atomic E-state index is 12.3. The molecule has 26 heavy (non-hydrogen) atoms. The Morgan fingerprint density at radius 1 is 1.27 bits per heavy atom. The summed E-state index contributed by atoms with van der Waals surface area (Å²) in [6.07, 6.45) is 4.08. The number of hydrogen-bond acceptors (Lipinski definition) is 6. The molecule has 0 unspecified atom stereocenters. The van der Waals surface area contributed by atoms with E-state index >= 15 is 0 Å². The van der Waals surface area contributed by atoms with E-state index in [4.69, 9.17) is 9.26 Å². The number of ether oxygens (including phenoxy) is 1. The summed E-state index contributed by atoms with van der Waals surface area (Å²) in [5.41, 5.74) is 1.23. The van der Waals surface area contributed by atoms with Gasteiger partial charge in [-0.1, -0.05) is 5.16 Å². The molecule has 2 fully saturated rings. The Balaban J connectivity index is 1.40. The number of carbonyl (C=O) groups excluding carboxylic acids is 2. The van der Waals surface area contributed by atoms with E-state index in [9.17, 15) is 9.59 Å². The number of amides is 1. The van der Waals surface area contributed by atoms with Gasteiger partial charge in [-0.05, 0) is 56.9 Å². The predicted octanol–water partition coefficient (Wildman–Crippen LogP) is 3.38. The molecule has 1 aromatic heterocycles. The van der Waals surface area contributed by atoms with Gasteiger partial charge in [-0.3, -0.25) is 4.79 Å². The molecule has 0 bridgehead atoms. The molecule has 1 saturated heterocycles. The Morgan fingerprint density at radius 2 is 2.04 bits per heavy atom. The quantitative estimate of drug-likeness (QED) is 0.764. The highest BCUT2D eigenvalue weighted by atomic mass is 16.6. The fourth-order valence-corrected chi connectivity index (χ4v) is 3.06. The molecular formula is C19H21N3O4. The van der Waals surface area contributed by atoms with Crippen LogP contribution in [0.25, 0.3) is 0 Å². The van der Waals surface area contributed by atoms with Crippen LogP contribution in [0.3, 0.4) is 0 Å². The molecule has 0 radical (unpaired) electrons. The molecule has 136 valence electrons. The molecular weight excluding hydrogens is 334 g/mol. The monoisotopic (exact) mass is 355 g/mol. The molecule has 0 spiro atoms. The minimum Gasteiger partial charge on any atom is -0.449 e. The second kappa shape index (κ2) is 6.90. The van der Waals surface area contributed by atoms with Gasteiger partial charge in [0.05, 0.1) is 5.56 Å². The number of hydrogen-bond donors (Lipinski definition) is 0. The number of nitrogens with zero attached hydrogens (tertiary/aromatic N) is 3. The molecule has 7 heteroatoms. The summed E-state index contributed by atoms with van der Waals surface area (Å²) in [6, 6.07) is 6.91. The minimum absolute atomic E-state index is 0.128. The van der Waals surface area contributed by atoms with E-state index in [0.717, 1.165) is 37.9 Å². The first-order valence-electron chi connectivity index (χ1n) is 9.07. The highest BCUT2D eigenvalue weighted by molar-refractivity contribution is 5.95. The van der Waals surface area contributed by atoms with Crippen LogP contribution in [0.15, 0.2) is 28.8 Å². The van der Waals surface area contributed by atoms with Crippen LogP contribution < -0.4 is 4.90 Å². The van der Waals surface area contributed by atoms with Crippen molar-refractivity contribution in [3.63, 3.8) is 0 Å². The van der Waals surface area contributed by atoms with E-state index in [-0.39, 0.29) is 5.91 Å². The molecule has 2 aliphatic rings. The molecule has 7 nitrogen and oxygen atoms in total. The van der Waals surface area contributed by atoms with Crippen molar-refractivity contribution in [3.8, 4) is 0 Å². The predicted molar refractivity (Wildman–Crippen MR) is 92.7 cm³/mol. The van der Waals surface area contributed by atoms with Gasteiger partial charge < -0.3 is 14.2 Å². The molecule has 1 aromatic carbocycles. The topological polar surface area (TPSA) is 85.5 Å². The van der Waals surface area contributed by atoms with Crippen molar-refractivity contribution in [3.05, 3.63) is 41.5 Å². The van der Waals surface area contributed by atoms with Gasteiger partial charge in [0.25, 0.3) is 5.89 Å². The highest BCUT2D eigenvalue weighted by Gasteiger charge is 2.30. The zero-order chi connectivity index (χ0) is 18.1. The van der Waals surface area contributed by atoms with E-state index < -0.39 is 12.1 Å². The number of aromatic nitrogens is 2. The first-order chi connectivity index (χ1) is 12.6. The summed E-state index contributed by atoms with van der Waals surface area (Å²) in [7, 11) is 0. The Kier molecular flexibility index (Phi) is 4.44. The molecule has 1 atom stereocenters. The first kappa shape index (κ1) is 16.8.